The molecular weight excluding hydrogens is 282 g/mol. The number of fused-ring (bicyclic) bond motifs is 1. The summed E-state index contributed by atoms with van der Waals surface area (Å²) in [6, 6.07) is 13.7. The first-order valence-corrected chi connectivity index (χ1v) is 8.81. The van der Waals surface area contributed by atoms with E-state index in [1.165, 1.54) is 25.4 Å². The Hall–Kier alpha value is -1.16. The van der Waals surface area contributed by atoms with Crippen molar-refractivity contribution < 1.29 is 0 Å². The van der Waals surface area contributed by atoms with Crippen LogP contribution in [0.4, 0.5) is 0 Å². The van der Waals surface area contributed by atoms with Gasteiger partial charge in [0.2, 0.25) is 0 Å². The van der Waals surface area contributed by atoms with Crippen molar-refractivity contribution in [3.05, 3.63) is 57.1 Å². The maximum Gasteiger partial charge on any atom is 0.0685 e. The molecule has 104 valence electrons. The Labute approximate surface area is 128 Å². The number of nitrogens with one attached hydrogen (secondary N) is 1. The summed E-state index contributed by atoms with van der Waals surface area (Å²) in [4.78, 5) is 2.88. The molecule has 1 unspecified atom stereocenters. The quantitative estimate of drug-likeness (QED) is 0.681. The molecule has 0 radical (unpaired) electrons. The predicted molar refractivity (Wildman–Crippen MR) is 91.0 cm³/mol. The minimum Gasteiger partial charge on any atom is -0.306 e. The number of aryl methyl sites for hydroxylation is 1. The Bertz CT molecular complexity index is 696. The minimum atomic E-state index is 0.313. The summed E-state index contributed by atoms with van der Waals surface area (Å²) in [5.41, 5.74) is 1.41. The van der Waals surface area contributed by atoms with E-state index >= 15 is 0 Å². The van der Waals surface area contributed by atoms with Gasteiger partial charge < -0.3 is 5.32 Å². The summed E-state index contributed by atoms with van der Waals surface area (Å²) in [5, 5.41) is 7.18. The highest BCUT2D eigenvalue weighted by Gasteiger charge is 2.18. The summed E-state index contributed by atoms with van der Waals surface area (Å²) >= 11 is 3.77. The number of thiophene rings is 2. The number of rotatable bonds is 5. The van der Waals surface area contributed by atoms with Gasteiger partial charge in [-0.25, -0.2) is 0 Å². The molecule has 3 heteroatoms. The molecule has 0 aliphatic rings. The van der Waals surface area contributed by atoms with Crippen LogP contribution in [0.3, 0.4) is 0 Å². The van der Waals surface area contributed by atoms with Crippen LogP contribution in [0.2, 0.25) is 0 Å². The Morgan fingerprint density at radius 1 is 1.10 bits per heavy atom. The van der Waals surface area contributed by atoms with E-state index in [2.05, 4.69) is 60.9 Å². The molecule has 0 spiro atoms. The van der Waals surface area contributed by atoms with Crippen LogP contribution in [0.5, 0.6) is 0 Å². The van der Waals surface area contributed by atoms with Gasteiger partial charge in [-0.1, -0.05) is 32.0 Å². The molecule has 2 aromatic heterocycles. The average Bonchev–Trinajstić information content (AvgIpc) is 3.12. The molecule has 2 heterocycles. The number of hydrogen-bond donors (Lipinski definition) is 1. The molecule has 0 amide bonds. The summed E-state index contributed by atoms with van der Waals surface area (Å²) in [7, 11) is 0. The predicted octanol–water partition coefficient (Wildman–Crippen LogP) is 5.22. The molecular formula is C17H19NS2. The van der Waals surface area contributed by atoms with E-state index in [0.29, 0.717) is 6.04 Å². The van der Waals surface area contributed by atoms with E-state index in [1.807, 2.05) is 22.7 Å². The minimum absolute atomic E-state index is 0.313. The van der Waals surface area contributed by atoms with Crippen molar-refractivity contribution >= 4 is 32.8 Å². The zero-order valence-corrected chi connectivity index (χ0v) is 13.5. The second-order valence-corrected chi connectivity index (χ2v) is 6.95. The molecule has 0 saturated heterocycles. The van der Waals surface area contributed by atoms with Crippen molar-refractivity contribution in [2.45, 2.75) is 26.3 Å². The molecule has 20 heavy (non-hydrogen) atoms. The summed E-state index contributed by atoms with van der Waals surface area (Å²) in [5.74, 6) is 0. The lowest BCUT2D eigenvalue weighted by molar-refractivity contribution is 0.644. The zero-order chi connectivity index (χ0) is 13.9. The van der Waals surface area contributed by atoms with E-state index in [1.54, 1.807) is 0 Å². The second-order valence-electron chi connectivity index (χ2n) is 4.83. The van der Waals surface area contributed by atoms with Gasteiger partial charge in [0.1, 0.15) is 0 Å². The van der Waals surface area contributed by atoms with E-state index in [0.717, 1.165) is 13.0 Å². The first-order valence-electron chi connectivity index (χ1n) is 7.11. The molecule has 3 rings (SSSR count). The van der Waals surface area contributed by atoms with Crippen molar-refractivity contribution in [2.24, 2.45) is 0 Å². The number of benzene rings is 1. The van der Waals surface area contributed by atoms with Crippen LogP contribution in [0, 0.1) is 0 Å². The standard InChI is InChI=1S/C17H19NS2/c1-3-13-8-9-15(20-13)16(18-4-2)14-7-5-6-12-10-11-19-17(12)14/h5-11,16,18H,3-4H2,1-2H3. The van der Waals surface area contributed by atoms with E-state index in [-0.39, 0.29) is 0 Å². The van der Waals surface area contributed by atoms with E-state index < -0.39 is 0 Å². The average molecular weight is 301 g/mol. The molecule has 0 aliphatic carbocycles. The van der Waals surface area contributed by atoms with Gasteiger partial charge in [0.25, 0.3) is 0 Å². The lowest BCUT2D eigenvalue weighted by Gasteiger charge is -2.18. The lowest BCUT2D eigenvalue weighted by atomic mass is 10.0. The summed E-state index contributed by atoms with van der Waals surface area (Å²) in [6.07, 6.45) is 1.12. The summed E-state index contributed by atoms with van der Waals surface area (Å²) in [6.45, 7) is 5.37. The van der Waals surface area contributed by atoms with Gasteiger partial charge in [-0.05, 0) is 47.5 Å². The summed E-state index contributed by atoms with van der Waals surface area (Å²) < 4.78 is 1.41. The molecule has 0 aliphatic heterocycles. The molecule has 0 bridgehead atoms. The third kappa shape index (κ3) is 2.53. The van der Waals surface area contributed by atoms with Crippen LogP contribution in [0.15, 0.2) is 41.8 Å². The van der Waals surface area contributed by atoms with Crippen molar-refractivity contribution in [3.63, 3.8) is 0 Å². The highest BCUT2D eigenvalue weighted by molar-refractivity contribution is 7.17. The lowest BCUT2D eigenvalue weighted by Crippen LogP contribution is -2.21. The fourth-order valence-corrected chi connectivity index (χ4v) is 4.54. The van der Waals surface area contributed by atoms with Crippen LogP contribution in [-0.4, -0.2) is 6.54 Å². The van der Waals surface area contributed by atoms with E-state index in [9.17, 15) is 0 Å². The maximum atomic E-state index is 3.65. The molecule has 3 aromatic rings. The second kappa shape index (κ2) is 6.08. The van der Waals surface area contributed by atoms with Crippen LogP contribution in [0.1, 0.15) is 35.2 Å². The van der Waals surface area contributed by atoms with Crippen molar-refractivity contribution in [1.82, 2.24) is 5.32 Å². The normalized spacial score (nSPS) is 12.9. The monoisotopic (exact) mass is 301 g/mol. The third-order valence-corrected chi connectivity index (χ3v) is 5.82. The topological polar surface area (TPSA) is 12.0 Å². The smallest absolute Gasteiger partial charge is 0.0685 e. The van der Waals surface area contributed by atoms with Crippen LogP contribution >= 0.6 is 22.7 Å². The Balaban J connectivity index is 2.08. The van der Waals surface area contributed by atoms with Gasteiger partial charge in [0, 0.05) is 14.5 Å². The molecule has 1 N–H and O–H groups in total. The Kier molecular flexibility index (Phi) is 4.20. The van der Waals surface area contributed by atoms with Crippen LogP contribution in [0.25, 0.3) is 10.1 Å². The van der Waals surface area contributed by atoms with Gasteiger partial charge >= 0.3 is 0 Å². The van der Waals surface area contributed by atoms with Crippen molar-refractivity contribution in [2.75, 3.05) is 6.54 Å². The SMILES string of the molecule is CCNC(c1ccc(CC)s1)c1cccc2ccsc12. The first-order chi connectivity index (χ1) is 9.83. The van der Waals surface area contributed by atoms with Crippen molar-refractivity contribution in [3.8, 4) is 0 Å². The van der Waals surface area contributed by atoms with Crippen LogP contribution in [-0.2, 0) is 6.42 Å². The molecule has 1 atom stereocenters. The largest absolute Gasteiger partial charge is 0.306 e. The number of hydrogen-bond acceptors (Lipinski definition) is 3. The van der Waals surface area contributed by atoms with Crippen LogP contribution < -0.4 is 5.32 Å². The first kappa shape index (κ1) is 13.8. The fourth-order valence-electron chi connectivity index (χ4n) is 2.55. The maximum absolute atomic E-state index is 3.65. The molecule has 1 nitrogen and oxygen atoms in total. The van der Waals surface area contributed by atoms with Gasteiger partial charge in [0.15, 0.2) is 0 Å². The van der Waals surface area contributed by atoms with Gasteiger partial charge in [-0.2, -0.15) is 0 Å². The molecule has 0 saturated carbocycles. The highest BCUT2D eigenvalue weighted by atomic mass is 32.1. The zero-order valence-electron chi connectivity index (χ0n) is 11.8. The van der Waals surface area contributed by atoms with Gasteiger partial charge in [-0.3, -0.25) is 0 Å². The Morgan fingerprint density at radius 3 is 2.75 bits per heavy atom. The third-order valence-electron chi connectivity index (χ3n) is 3.54. The van der Waals surface area contributed by atoms with E-state index in [4.69, 9.17) is 0 Å². The fraction of sp³-hybridized carbons (Fsp3) is 0.294. The van der Waals surface area contributed by atoms with Gasteiger partial charge in [-0.15, -0.1) is 22.7 Å². The van der Waals surface area contributed by atoms with Gasteiger partial charge in [0.05, 0.1) is 6.04 Å². The van der Waals surface area contributed by atoms with Crippen molar-refractivity contribution in [1.29, 1.82) is 0 Å². The Morgan fingerprint density at radius 2 is 2.00 bits per heavy atom. The molecule has 0 fully saturated rings. The highest BCUT2D eigenvalue weighted by Crippen LogP contribution is 2.35. The molecule has 1 aromatic carbocycles.